The van der Waals surface area contributed by atoms with Crippen molar-refractivity contribution >= 4 is 13.1 Å². The van der Waals surface area contributed by atoms with Crippen LogP contribution in [0.4, 0.5) is 8.78 Å². The van der Waals surface area contributed by atoms with Crippen molar-refractivity contribution in [1.82, 2.24) is 0 Å². The van der Waals surface area contributed by atoms with Crippen LogP contribution >= 0.6 is 0 Å². The van der Waals surface area contributed by atoms with Gasteiger partial charge in [0.15, 0.2) is 0 Å². The predicted octanol–water partition coefficient (Wildman–Crippen LogP) is 4.00. The van der Waals surface area contributed by atoms with E-state index < -0.39 is 36.2 Å². The highest BCUT2D eigenvalue weighted by Crippen LogP contribution is 2.43. The van der Waals surface area contributed by atoms with Gasteiger partial charge in [0.2, 0.25) is 0 Å². The largest absolute Gasteiger partial charge is 0.481 e. The number of carboxylic acids is 1. The number of hydrogen-bond acceptors (Lipinski definition) is 4. The zero-order valence-corrected chi connectivity index (χ0v) is 17.4. The minimum atomic E-state index is -1.45. The number of halogens is 2. The Hall–Kier alpha value is -2.29. The first kappa shape index (κ1) is 25.8. The van der Waals surface area contributed by atoms with Gasteiger partial charge in [-0.05, 0) is 68.3 Å². The zero-order chi connectivity index (χ0) is 23.1. The van der Waals surface area contributed by atoms with Crippen LogP contribution in [0.3, 0.4) is 0 Å². The average Bonchev–Trinajstić information content (AvgIpc) is 2.89. The number of allylic oxidation sites excluding steroid dienone is 7. The van der Waals surface area contributed by atoms with Crippen LogP contribution in [0.5, 0.6) is 0 Å². The quantitative estimate of drug-likeness (QED) is 0.315. The second-order valence-electron chi connectivity index (χ2n) is 7.99. The number of aliphatic carboxylic acids is 1. The molecule has 164 valence electrons. The highest BCUT2D eigenvalue weighted by molar-refractivity contribution is 6.40. The van der Waals surface area contributed by atoms with Gasteiger partial charge in [0.1, 0.15) is 11.7 Å². The third kappa shape index (κ3) is 7.52. The molecular weight excluding hydrogens is 391 g/mol. The molecule has 1 saturated carbocycles. The van der Waals surface area contributed by atoms with Gasteiger partial charge in [0.05, 0.1) is 5.92 Å². The topological polar surface area (TPSA) is 104 Å². The second-order valence-corrected chi connectivity index (χ2v) is 7.99. The van der Waals surface area contributed by atoms with Crippen LogP contribution in [0.2, 0.25) is 6.32 Å². The fraction of sp³-hybridized carbons (Fsp3) is 0.409. The summed E-state index contributed by atoms with van der Waals surface area (Å²) in [4.78, 5) is 11.6. The molecule has 1 fully saturated rings. The van der Waals surface area contributed by atoms with Crippen molar-refractivity contribution in [2.75, 3.05) is 0 Å². The molecule has 2 atom stereocenters. The van der Waals surface area contributed by atoms with E-state index in [-0.39, 0.29) is 17.8 Å². The van der Waals surface area contributed by atoms with Crippen LogP contribution < -0.4 is 5.73 Å². The predicted molar refractivity (Wildman–Crippen MR) is 116 cm³/mol. The molecule has 5 nitrogen and oxygen atoms in total. The van der Waals surface area contributed by atoms with Gasteiger partial charge < -0.3 is 20.9 Å². The van der Waals surface area contributed by atoms with Crippen molar-refractivity contribution in [1.29, 1.82) is 0 Å². The van der Waals surface area contributed by atoms with E-state index in [1.807, 2.05) is 0 Å². The molecule has 2 unspecified atom stereocenters. The van der Waals surface area contributed by atoms with Crippen molar-refractivity contribution in [3.63, 3.8) is 0 Å². The molecule has 1 rings (SSSR count). The maximum absolute atomic E-state index is 14.5. The van der Waals surface area contributed by atoms with E-state index in [0.29, 0.717) is 30.4 Å². The zero-order valence-electron chi connectivity index (χ0n) is 17.4. The number of rotatable bonds is 10. The molecule has 0 aromatic heterocycles. The maximum Gasteiger partial charge on any atom is 0.451 e. The standard InChI is InChI=1S/C22H30BF2NO4/c1-5-7-19(25)18(22(3,4)26)10-9-17(24)13-16-12-15(8-6-11-23(29)30)20(14(16)2)21(27)28/h5,7,9-10,13,15,20,29-30H,1-2,6,8,11-12,26H2,3-4H3,(H,27,28)/b16-13-,17-9-,18-10-,19-7+. The van der Waals surface area contributed by atoms with Crippen LogP contribution in [-0.2, 0) is 4.79 Å². The van der Waals surface area contributed by atoms with E-state index >= 15 is 0 Å². The van der Waals surface area contributed by atoms with E-state index in [1.165, 1.54) is 18.2 Å². The summed E-state index contributed by atoms with van der Waals surface area (Å²) in [6.45, 7) is 10.4. The van der Waals surface area contributed by atoms with Crippen molar-refractivity contribution < 1.29 is 28.7 Å². The summed E-state index contributed by atoms with van der Waals surface area (Å²) >= 11 is 0. The Kier molecular flexibility index (Phi) is 9.61. The average molecular weight is 421 g/mol. The summed E-state index contributed by atoms with van der Waals surface area (Å²) in [5, 5.41) is 27.4. The number of carbonyl (C=O) groups is 1. The molecule has 0 aromatic carbocycles. The Labute approximate surface area is 176 Å². The monoisotopic (exact) mass is 421 g/mol. The first-order chi connectivity index (χ1) is 13.9. The second kappa shape index (κ2) is 11.2. The summed E-state index contributed by atoms with van der Waals surface area (Å²) in [5.74, 6) is -3.53. The Morgan fingerprint density at radius 3 is 2.43 bits per heavy atom. The van der Waals surface area contributed by atoms with Crippen molar-refractivity contribution in [2.45, 2.75) is 45.0 Å². The van der Waals surface area contributed by atoms with Crippen molar-refractivity contribution in [3.8, 4) is 0 Å². The van der Waals surface area contributed by atoms with Crippen LogP contribution in [0.1, 0.15) is 33.1 Å². The summed E-state index contributed by atoms with van der Waals surface area (Å²) in [6, 6.07) is 0. The van der Waals surface area contributed by atoms with E-state index in [0.717, 1.165) is 12.2 Å². The molecule has 0 radical (unpaired) electrons. The van der Waals surface area contributed by atoms with E-state index in [4.69, 9.17) is 15.8 Å². The van der Waals surface area contributed by atoms with Gasteiger partial charge in [-0.1, -0.05) is 31.7 Å². The highest BCUT2D eigenvalue weighted by Gasteiger charge is 2.38. The fourth-order valence-corrected chi connectivity index (χ4v) is 3.52. The number of carboxylic acid groups (broad SMARTS) is 1. The van der Waals surface area contributed by atoms with E-state index in [2.05, 4.69) is 13.2 Å². The lowest BCUT2D eigenvalue weighted by Gasteiger charge is -2.21. The highest BCUT2D eigenvalue weighted by atomic mass is 19.1. The van der Waals surface area contributed by atoms with E-state index in [1.54, 1.807) is 13.8 Å². The Balaban J connectivity index is 3.12. The lowest BCUT2D eigenvalue weighted by Crippen LogP contribution is -2.34. The van der Waals surface area contributed by atoms with Gasteiger partial charge in [0, 0.05) is 11.1 Å². The molecule has 5 N–H and O–H groups in total. The molecule has 1 aliphatic rings. The van der Waals surface area contributed by atoms with Crippen LogP contribution in [0, 0.1) is 11.8 Å². The smallest absolute Gasteiger partial charge is 0.451 e. The fourth-order valence-electron chi connectivity index (χ4n) is 3.52. The van der Waals surface area contributed by atoms with Gasteiger partial charge in [0.25, 0.3) is 0 Å². The lowest BCUT2D eigenvalue weighted by atomic mass is 9.80. The number of nitrogens with two attached hydrogens (primary N) is 1. The first-order valence-corrected chi connectivity index (χ1v) is 9.72. The minimum Gasteiger partial charge on any atom is -0.481 e. The van der Waals surface area contributed by atoms with Crippen LogP contribution in [0.15, 0.2) is 71.9 Å². The van der Waals surface area contributed by atoms with Gasteiger partial charge >= 0.3 is 13.1 Å². The van der Waals surface area contributed by atoms with Crippen LogP contribution in [0.25, 0.3) is 0 Å². The van der Waals surface area contributed by atoms with Crippen molar-refractivity contribution in [2.24, 2.45) is 17.6 Å². The molecule has 0 bridgehead atoms. The van der Waals surface area contributed by atoms with E-state index in [9.17, 15) is 18.7 Å². The molecule has 0 aliphatic heterocycles. The molecule has 8 heteroatoms. The van der Waals surface area contributed by atoms with Crippen molar-refractivity contribution in [3.05, 3.63) is 71.9 Å². The Bertz CT molecular complexity index is 791. The molecule has 0 saturated heterocycles. The van der Waals surface area contributed by atoms with Gasteiger partial charge in [-0.2, -0.15) is 0 Å². The molecule has 0 aromatic rings. The number of hydrogen-bond donors (Lipinski definition) is 4. The summed E-state index contributed by atoms with van der Waals surface area (Å²) in [6.07, 6.45) is 7.23. The van der Waals surface area contributed by atoms with Gasteiger partial charge in [-0.15, -0.1) is 0 Å². The molecule has 1 aliphatic carbocycles. The lowest BCUT2D eigenvalue weighted by molar-refractivity contribution is -0.141. The van der Waals surface area contributed by atoms with Gasteiger partial charge in [-0.3, -0.25) is 4.79 Å². The molecule has 30 heavy (non-hydrogen) atoms. The minimum absolute atomic E-state index is 0.0880. The Morgan fingerprint density at radius 2 is 1.93 bits per heavy atom. The molecule has 0 heterocycles. The third-order valence-corrected chi connectivity index (χ3v) is 4.98. The summed E-state index contributed by atoms with van der Waals surface area (Å²) in [7, 11) is -1.45. The summed E-state index contributed by atoms with van der Waals surface area (Å²) in [5.41, 5.74) is 5.78. The maximum atomic E-state index is 14.5. The van der Waals surface area contributed by atoms with Gasteiger partial charge in [-0.25, -0.2) is 8.78 Å². The third-order valence-electron chi connectivity index (χ3n) is 4.98. The molecule has 0 amide bonds. The normalized spacial score (nSPS) is 22.6. The molecule has 0 spiro atoms. The van der Waals surface area contributed by atoms with Crippen LogP contribution in [-0.4, -0.2) is 33.8 Å². The first-order valence-electron chi connectivity index (χ1n) is 9.72. The summed E-state index contributed by atoms with van der Waals surface area (Å²) < 4.78 is 28.7. The SMILES string of the molecule is C=C\C=C(F)/C(=C/C=C(F)/C=C1/CC(CCCB(O)O)C(C(=O)O)C1=C)C(C)(C)N. The molecular formula is C22H30BF2NO4. The Morgan fingerprint density at radius 1 is 1.30 bits per heavy atom.